The maximum Gasteiger partial charge on any atom is 0.224 e. The lowest BCUT2D eigenvalue weighted by Crippen LogP contribution is -2.12. The maximum atomic E-state index is 12.1. The number of carbonyl (C=O) groups excluding carboxylic acids is 1. The van der Waals surface area contributed by atoms with Crippen LogP contribution < -0.4 is 10.6 Å². The van der Waals surface area contributed by atoms with Crippen LogP contribution in [0.2, 0.25) is 0 Å². The molecule has 3 aromatic carbocycles. The van der Waals surface area contributed by atoms with Gasteiger partial charge in [0.05, 0.1) is 0 Å². The van der Waals surface area contributed by atoms with Gasteiger partial charge in [0.1, 0.15) is 0 Å². The first-order valence-corrected chi connectivity index (χ1v) is 8.96. The van der Waals surface area contributed by atoms with Crippen LogP contribution in [-0.2, 0) is 11.2 Å². The van der Waals surface area contributed by atoms with Gasteiger partial charge in [-0.05, 0) is 48.7 Å². The molecule has 0 saturated heterocycles. The Hall–Kier alpha value is -3.07. The van der Waals surface area contributed by atoms with Gasteiger partial charge in [0.2, 0.25) is 5.91 Å². The third-order valence-electron chi connectivity index (χ3n) is 4.33. The van der Waals surface area contributed by atoms with E-state index < -0.39 is 0 Å². The monoisotopic (exact) mass is 344 g/mol. The van der Waals surface area contributed by atoms with Crippen molar-refractivity contribution in [3.8, 4) is 0 Å². The molecule has 3 aromatic rings. The lowest BCUT2D eigenvalue weighted by molar-refractivity contribution is -0.116. The van der Waals surface area contributed by atoms with Crippen LogP contribution in [0.3, 0.4) is 0 Å². The minimum Gasteiger partial charge on any atom is -0.379 e. The van der Waals surface area contributed by atoms with E-state index in [9.17, 15) is 4.79 Å². The zero-order valence-corrected chi connectivity index (χ0v) is 15.0. The molecule has 0 spiro atoms. The van der Waals surface area contributed by atoms with E-state index >= 15 is 0 Å². The van der Waals surface area contributed by atoms with Crippen LogP contribution in [0.1, 0.15) is 30.5 Å². The fourth-order valence-electron chi connectivity index (χ4n) is 2.85. The van der Waals surface area contributed by atoms with E-state index in [2.05, 4.69) is 29.7 Å². The van der Waals surface area contributed by atoms with E-state index in [1.165, 1.54) is 11.1 Å². The summed E-state index contributed by atoms with van der Waals surface area (Å²) in [7, 11) is 0. The summed E-state index contributed by atoms with van der Waals surface area (Å²) in [5, 5.41) is 6.43. The molecular weight excluding hydrogens is 320 g/mol. The van der Waals surface area contributed by atoms with Gasteiger partial charge >= 0.3 is 0 Å². The number of rotatable bonds is 7. The summed E-state index contributed by atoms with van der Waals surface area (Å²) >= 11 is 0. The first-order chi connectivity index (χ1) is 12.7. The average molecular weight is 344 g/mol. The van der Waals surface area contributed by atoms with E-state index in [-0.39, 0.29) is 11.9 Å². The zero-order valence-electron chi connectivity index (χ0n) is 15.0. The molecule has 0 aliphatic rings. The second-order valence-corrected chi connectivity index (χ2v) is 6.39. The molecular formula is C23H24N2O. The largest absolute Gasteiger partial charge is 0.379 e. The number of benzene rings is 3. The smallest absolute Gasteiger partial charge is 0.224 e. The van der Waals surface area contributed by atoms with E-state index in [1.54, 1.807) is 0 Å². The van der Waals surface area contributed by atoms with Gasteiger partial charge in [0.25, 0.3) is 0 Å². The summed E-state index contributed by atoms with van der Waals surface area (Å²) in [6.07, 6.45) is 1.23. The Kier molecular flexibility index (Phi) is 6.05. The summed E-state index contributed by atoms with van der Waals surface area (Å²) in [5.74, 6) is 0.0345. The second-order valence-electron chi connectivity index (χ2n) is 6.39. The van der Waals surface area contributed by atoms with Crippen LogP contribution in [0.4, 0.5) is 11.4 Å². The molecule has 26 heavy (non-hydrogen) atoms. The normalized spacial score (nSPS) is 11.6. The summed E-state index contributed by atoms with van der Waals surface area (Å²) in [6, 6.07) is 28.5. The van der Waals surface area contributed by atoms with Crippen LogP contribution in [0.5, 0.6) is 0 Å². The lowest BCUT2D eigenvalue weighted by atomic mass is 10.1. The third-order valence-corrected chi connectivity index (χ3v) is 4.33. The topological polar surface area (TPSA) is 41.1 Å². The number of hydrogen-bond donors (Lipinski definition) is 2. The van der Waals surface area contributed by atoms with Gasteiger partial charge in [-0.25, -0.2) is 0 Å². The van der Waals surface area contributed by atoms with E-state index in [1.807, 2.05) is 72.8 Å². The average Bonchev–Trinajstić information content (AvgIpc) is 2.69. The molecule has 1 atom stereocenters. The van der Waals surface area contributed by atoms with Crippen molar-refractivity contribution in [1.82, 2.24) is 0 Å². The lowest BCUT2D eigenvalue weighted by Gasteiger charge is -2.16. The van der Waals surface area contributed by atoms with Crippen LogP contribution in [0.25, 0.3) is 0 Å². The second kappa shape index (κ2) is 8.86. The Balaban J connectivity index is 1.50. The first-order valence-electron chi connectivity index (χ1n) is 8.96. The molecule has 3 rings (SSSR count). The number of hydrogen-bond acceptors (Lipinski definition) is 2. The fraction of sp³-hybridized carbons (Fsp3) is 0.174. The van der Waals surface area contributed by atoms with Crippen LogP contribution in [-0.4, -0.2) is 5.91 Å². The number of nitrogens with one attached hydrogen (secondary N) is 2. The Morgan fingerprint density at radius 3 is 2.04 bits per heavy atom. The maximum absolute atomic E-state index is 12.1. The molecule has 0 aliphatic heterocycles. The highest BCUT2D eigenvalue weighted by Crippen LogP contribution is 2.20. The van der Waals surface area contributed by atoms with Crippen molar-refractivity contribution in [2.45, 2.75) is 25.8 Å². The van der Waals surface area contributed by atoms with Crippen molar-refractivity contribution >= 4 is 17.3 Å². The zero-order chi connectivity index (χ0) is 18.2. The number of amides is 1. The molecule has 0 bridgehead atoms. The minimum atomic E-state index is 0.0345. The molecule has 0 radical (unpaired) electrons. The molecule has 0 fully saturated rings. The standard InChI is InChI=1S/C23H24N2O/c1-18(20-10-6-3-7-11-20)24-21-13-15-22(16-14-21)25-23(26)17-12-19-8-4-2-5-9-19/h2-11,13-16,18,24H,12,17H2,1H3,(H,25,26). The first kappa shape index (κ1) is 17.7. The number of carbonyl (C=O) groups is 1. The predicted octanol–water partition coefficient (Wildman–Crippen LogP) is 5.43. The Bertz CT molecular complexity index is 814. The molecule has 0 aliphatic carbocycles. The van der Waals surface area contributed by atoms with Crippen molar-refractivity contribution < 1.29 is 4.79 Å². The molecule has 0 saturated carbocycles. The van der Waals surface area contributed by atoms with Crippen molar-refractivity contribution in [1.29, 1.82) is 0 Å². The van der Waals surface area contributed by atoms with Gasteiger partial charge in [-0.1, -0.05) is 60.7 Å². The van der Waals surface area contributed by atoms with Crippen molar-refractivity contribution in [2.75, 3.05) is 10.6 Å². The van der Waals surface area contributed by atoms with Gasteiger partial charge in [0, 0.05) is 23.8 Å². The van der Waals surface area contributed by atoms with E-state index in [0.717, 1.165) is 17.8 Å². The highest BCUT2D eigenvalue weighted by molar-refractivity contribution is 5.91. The Labute approximate surface area is 155 Å². The summed E-state index contributed by atoms with van der Waals surface area (Å²) in [4.78, 5) is 12.1. The Morgan fingerprint density at radius 1 is 0.808 bits per heavy atom. The molecule has 2 N–H and O–H groups in total. The summed E-state index contributed by atoms with van der Waals surface area (Å²) in [5.41, 5.74) is 4.27. The molecule has 132 valence electrons. The number of anilines is 2. The van der Waals surface area contributed by atoms with Gasteiger partial charge in [-0.2, -0.15) is 0 Å². The van der Waals surface area contributed by atoms with Crippen molar-refractivity contribution in [3.63, 3.8) is 0 Å². The van der Waals surface area contributed by atoms with Gasteiger partial charge in [0.15, 0.2) is 0 Å². The van der Waals surface area contributed by atoms with Crippen LogP contribution in [0, 0.1) is 0 Å². The highest BCUT2D eigenvalue weighted by atomic mass is 16.1. The summed E-state index contributed by atoms with van der Waals surface area (Å²) in [6.45, 7) is 2.13. The van der Waals surface area contributed by atoms with E-state index in [0.29, 0.717) is 6.42 Å². The Morgan fingerprint density at radius 2 is 1.38 bits per heavy atom. The molecule has 0 heterocycles. The summed E-state index contributed by atoms with van der Waals surface area (Å²) < 4.78 is 0. The van der Waals surface area contributed by atoms with E-state index in [4.69, 9.17) is 0 Å². The highest BCUT2D eigenvalue weighted by Gasteiger charge is 2.06. The van der Waals surface area contributed by atoms with Crippen LogP contribution in [0.15, 0.2) is 84.9 Å². The van der Waals surface area contributed by atoms with Crippen molar-refractivity contribution in [2.24, 2.45) is 0 Å². The predicted molar refractivity (Wildman–Crippen MR) is 108 cm³/mol. The van der Waals surface area contributed by atoms with Crippen LogP contribution >= 0.6 is 0 Å². The van der Waals surface area contributed by atoms with Gasteiger partial charge in [-0.3, -0.25) is 4.79 Å². The quantitative estimate of drug-likeness (QED) is 0.600. The van der Waals surface area contributed by atoms with Gasteiger partial charge < -0.3 is 10.6 Å². The third kappa shape index (κ3) is 5.21. The van der Waals surface area contributed by atoms with Crippen molar-refractivity contribution in [3.05, 3.63) is 96.1 Å². The molecule has 1 unspecified atom stereocenters. The molecule has 1 amide bonds. The fourth-order valence-corrected chi connectivity index (χ4v) is 2.85. The number of aryl methyl sites for hydroxylation is 1. The van der Waals surface area contributed by atoms with Gasteiger partial charge in [-0.15, -0.1) is 0 Å². The minimum absolute atomic E-state index is 0.0345. The molecule has 3 heteroatoms. The molecule has 0 aromatic heterocycles. The molecule has 3 nitrogen and oxygen atoms in total. The SMILES string of the molecule is CC(Nc1ccc(NC(=O)CCc2ccccc2)cc1)c1ccccc1.